The molecule has 0 aliphatic heterocycles. The molecule has 0 N–H and O–H groups in total. The topological polar surface area (TPSA) is 166 Å². The summed E-state index contributed by atoms with van der Waals surface area (Å²) in [6, 6.07) is 13.0. The third-order valence-corrected chi connectivity index (χ3v) is 9.75. The number of non-ortho nitro benzene ring substituents is 3. The first-order valence-corrected chi connectivity index (χ1v) is 19.8. The van der Waals surface area contributed by atoms with Crippen LogP contribution < -0.4 is 18.9 Å². The van der Waals surface area contributed by atoms with Crippen molar-refractivity contribution in [2.45, 2.75) is 105 Å². The van der Waals surface area contributed by atoms with Gasteiger partial charge in [0.15, 0.2) is 0 Å². The van der Waals surface area contributed by atoms with E-state index in [1.807, 2.05) is 27.7 Å². The molecule has 0 aromatic heterocycles. The van der Waals surface area contributed by atoms with Gasteiger partial charge in [0.05, 0.1) is 41.2 Å². The molecule has 0 unspecified atom stereocenters. The highest BCUT2D eigenvalue weighted by molar-refractivity contribution is 5.62. The van der Waals surface area contributed by atoms with Crippen LogP contribution in [-0.4, -0.2) is 41.2 Å². The summed E-state index contributed by atoms with van der Waals surface area (Å²) in [6.07, 6.45) is 3.09. The summed E-state index contributed by atoms with van der Waals surface area (Å²) in [7, 11) is 0. The zero-order chi connectivity index (χ0) is 41.4. The molecule has 0 radical (unpaired) electrons. The highest BCUT2D eigenvalue weighted by Gasteiger charge is 2.29. The zero-order valence-electron chi connectivity index (χ0n) is 34.0. The van der Waals surface area contributed by atoms with Crippen LogP contribution in [0.1, 0.15) is 124 Å². The molecule has 1 aliphatic carbocycles. The molecule has 8 bridgehead atoms. The SMILES string of the molecule is CCCOc1c2cc([N+](=O)[O-])cc1Cc1cc([N+](=O)[O-])cc(c1OCCC)Cc1cc(C(C)(C)C)cc(c1OCCC)Cc1cc([N+](=O)[O-])cc(c1OCCC)C2. The monoisotopic (exact) mass is 783 g/mol. The standard InChI is InChI=1S/C44H53N3O10/c1-8-12-54-40-28-16-30-22-37(45(48)49)24-32(41(30)55-13-9-2)18-34-26-39(47(52)53)27-35(43(34)57-15-11-4)19-33-25-38(46(50)51)23-31(42(33)56-14-10-3)17-29(40)21-36(20-28)44(5,6)7/h20-27H,8-19H2,1-7H3. The van der Waals surface area contributed by atoms with Gasteiger partial charge in [-0.1, -0.05) is 60.6 Å². The Kier molecular flexibility index (Phi) is 13.8. The molecular weight excluding hydrogens is 730 g/mol. The van der Waals surface area contributed by atoms with Crippen LogP contribution in [0.15, 0.2) is 48.5 Å². The van der Waals surface area contributed by atoms with Crippen molar-refractivity contribution >= 4 is 17.1 Å². The Labute approximate surface area is 333 Å². The number of benzene rings is 4. The predicted octanol–water partition coefficient (Wildman–Crippen LogP) is 10.5. The van der Waals surface area contributed by atoms with Crippen molar-refractivity contribution in [2.24, 2.45) is 0 Å². The Morgan fingerprint density at radius 1 is 0.439 bits per heavy atom. The Morgan fingerprint density at radius 2 is 0.649 bits per heavy atom. The lowest BCUT2D eigenvalue weighted by atomic mass is 9.82. The average Bonchev–Trinajstić information content (AvgIpc) is 3.15. The summed E-state index contributed by atoms with van der Waals surface area (Å²) in [5, 5.41) is 37.6. The van der Waals surface area contributed by atoms with Crippen molar-refractivity contribution in [3.05, 3.63) is 129 Å². The summed E-state index contributed by atoms with van der Waals surface area (Å²) >= 11 is 0. The first-order chi connectivity index (χ1) is 27.2. The normalized spacial score (nSPS) is 12.5. The van der Waals surface area contributed by atoms with E-state index in [1.165, 1.54) is 36.4 Å². The molecule has 0 spiro atoms. The van der Waals surface area contributed by atoms with E-state index in [0.29, 0.717) is 102 Å². The number of nitro groups is 3. The van der Waals surface area contributed by atoms with Crippen molar-refractivity contribution in [1.82, 2.24) is 0 Å². The molecule has 0 saturated carbocycles. The summed E-state index contributed by atoms with van der Waals surface area (Å²) in [5.41, 5.74) is 4.63. The quantitative estimate of drug-likeness (QED) is 0.0736. The maximum absolute atomic E-state index is 12.6. The van der Waals surface area contributed by atoms with Crippen molar-refractivity contribution in [2.75, 3.05) is 26.4 Å². The summed E-state index contributed by atoms with van der Waals surface area (Å²) in [4.78, 5) is 36.3. The molecule has 5 rings (SSSR count). The van der Waals surface area contributed by atoms with Crippen molar-refractivity contribution < 1.29 is 33.7 Å². The van der Waals surface area contributed by atoms with Crippen LogP contribution in [0.4, 0.5) is 17.1 Å². The van der Waals surface area contributed by atoms with Gasteiger partial charge in [0.1, 0.15) is 23.0 Å². The zero-order valence-corrected chi connectivity index (χ0v) is 34.0. The van der Waals surface area contributed by atoms with Gasteiger partial charge in [-0.2, -0.15) is 0 Å². The van der Waals surface area contributed by atoms with E-state index in [2.05, 4.69) is 32.9 Å². The first kappa shape index (κ1) is 42.4. The molecule has 4 aromatic rings. The van der Waals surface area contributed by atoms with Crippen LogP contribution in [0.25, 0.3) is 0 Å². The minimum Gasteiger partial charge on any atom is -0.493 e. The largest absolute Gasteiger partial charge is 0.493 e. The van der Waals surface area contributed by atoms with E-state index in [-0.39, 0.29) is 54.8 Å². The van der Waals surface area contributed by atoms with Crippen LogP contribution in [-0.2, 0) is 31.1 Å². The lowest BCUT2D eigenvalue weighted by Gasteiger charge is -2.26. The molecule has 0 atom stereocenters. The van der Waals surface area contributed by atoms with E-state index >= 15 is 0 Å². The van der Waals surface area contributed by atoms with Gasteiger partial charge in [0.25, 0.3) is 17.1 Å². The summed E-state index contributed by atoms with van der Waals surface area (Å²) in [5.74, 6) is 1.89. The van der Waals surface area contributed by atoms with Crippen molar-refractivity contribution in [3.63, 3.8) is 0 Å². The number of ether oxygens (including phenoxy) is 4. The third kappa shape index (κ3) is 10.00. The van der Waals surface area contributed by atoms with E-state index in [9.17, 15) is 30.3 Å². The Hall–Kier alpha value is -5.72. The maximum atomic E-state index is 12.6. The number of fused-ring (bicyclic) bond motifs is 8. The number of nitrogens with zero attached hydrogens (tertiary/aromatic N) is 3. The van der Waals surface area contributed by atoms with Gasteiger partial charge >= 0.3 is 0 Å². The molecule has 13 nitrogen and oxygen atoms in total. The third-order valence-electron chi connectivity index (χ3n) is 9.75. The second-order valence-corrected chi connectivity index (χ2v) is 15.5. The fraction of sp³-hybridized carbons (Fsp3) is 0.455. The van der Waals surface area contributed by atoms with Gasteiger partial charge in [-0.3, -0.25) is 30.3 Å². The Balaban J connectivity index is 1.98. The van der Waals surface area contributed by atoms with Crippen LogP contribution in [0.2, 0.25) is 0 Å². The van der Waals surface area contributed by atoms with E-state index in [1.54, 1.807) is 0 Å². The minimum absolute atomic E-state index is 0.00725. The minimum atomic E-state index is -0.493. The number of hydrogen-bond donors (Lipinski definition) is 0. The Bertz CT molecular complexity index is 2020. The molecule has 0 fully saturated rings. The molecule has 13 heteroatoms. The first-order valence-electron chi connectivity index (χ1n) is 19.8. The maximum Gasteiger partial charge on any atom is 0.270 e. The fourth-order valence-corrected chi connectivity index (χ4v) is 7.14. The highest BCUT2D eigenvalue weighted by Crippen LogP contribution is 2.43. The van der Waals surface area contributed by atoms with Gasteiger partial charge in [0.2, 0.25) is 0 Å². The van der Waals surface area contributed by atoms with Crippen LogP contribution in [0, 0.1) is 30.3 Å². The molecule has 1 aliphatic rings. The van der Waals surface area contributed by atoms with Gasteiger partial charge in [-0.05, 0) is 47.8 Å². The van der Waals surface area contributed by atoms with Gasteiger partial charge < -0.3 is 18.9 Å². The summed E-state index contributed by atoms with van der Waals surface area (Å²) in [6.45, 7) is 15.5. The molecule has 0 heterocycles. The molecule has 57 heavy (non-hydrogen) atoms. The second kappa shape index (κ2) is 18.5. The van der Waals surface area contributed by atoms with Crippen LogP contribution in [0.5, 0.6) is 23.0 Å². The van der Waals surface area contributed by atoms with Crippen molar-refractivity contribution in [1.29, 1.82) is 0 Å². The highest BCUT2D eigenvalue weighted by atomic mass is 16.6. The van der Waals surface area contributed by atoms with Crippen LogP contribution >= 0.6 is 0 Å². The number of rotatable bonds is 15. The van der Waals surface area contributed by atoms with Crippen LogP contribution in [0.3, 0.4) is 0 Å². The number of nitro benzene ring substituents is 3. The van der Waals surface area contributed by atoms with Gasteiger partial charge in [-0.25, -0.2) is 0 Å². The van der Waals surface area contributed by atoms with Gasteiger partial charge in [-0.15, -0.1) is 0 Å². The molecule has 0 saturated heterocycles. The Morgan fingerprint density at radius 3 is 0.825 bits per heavy atom. The molecule has 304 valence electrons. The van der Waals surface area contributed by atoms with E-state index in [0.717, 1.165) is 16.7 Å². The lowest BCUT2D eigenvalue weighted by Crippen LogP contribution is -2.15. The van der Waals surface area contributed by atoms with E-state index in [4.69, 9.17) is 18.9 Å². The average molecular weight is 784 g/mol. The fourth-order valence-electron chi connectivity index (χ4n) is 7.14. The molecule has 4 aromatic carbocycles. The predicted molar refractivity (Wildman–Crippen MR) is 219 cm³/mol. The van der Waals surface area contributed by atoms with Crippen molar-refractivity contribution in [3.8, 4) is 23.0 Å². The summed E-state index contributed by atoms with van der Waals surface area (Å²) < 4.78 is 25.9. The second-order valence-electron chi connectivity index (χ2n) is 15.5. The van der Waals surface area contributed by atoms with Gasteiger partial charge in [0, 0.05) is 95.5 Å². The van der Waals surface area contributed by atoms with E-state index < -0.39 is 14.8 Å². The molecule has 0 amide bonds. The smallest absolute Gasteiger partial charge is 0.270 e. The molecular formula is C44H53N3O10. The number of hydrogen-bond acceptors (Lipinski definition) is 10. The lowest BCUT2D eigenvalue weighted by molar-refractivity contribution is -0.385.